The highest BCUT2D eigenvalue weighted by atomic mass is 35.5. The molecule has 0 spiro atoms. The average Bonchev–Trinajstić information content (AvgIpc) is 3.16. The molecule has 35 heavy (non-hydrogen) atoms. The lowest BCUT2D eigenvalue weighted by atomic mass is 10.1. The van der Waals surface area contributed by atoms with E-state index in [-0.39, 0.29) is 9.56 Å². The first-order valence-corrected chi connectivity index (χ1v) is 13.5. The molecular weight excluding hydrogens is 500 g/mol. The van der Waals surface area contributed by atoms with Gasteiger partial charge in [0.05, 0.1) is 15.1 Å². The van der Waals surface area contributed by atoms with Crippen LogP contribution >= 0.6 is 22.9 Å². The van der Waals surface area contributed by atoms with Crippen molar-refractivity contribution in [2.45, 2.75) is 25.2 Å². The normalized spacial score (nSPS) is 12.9. The standard InChI is InChI=1S/C27H21ClN2O3S2/c1-3-19-8-12-22(13-9-19)30-26(31)24(16-20-6-10-21(28)11-7-20)34-27(30)25(17-29)35(32,33)23-14-4-18(2)5-15-23/h4-16H,3H2,1-2H3/b24-16-,27-25+. The summed E-state index contributed by atoms with van der Waals surface area (Å²) in [6.07, 6.45) is 2.48. The molecule has 5 nitrogen and oxygen atoms in total. The molecule has 0 radical (unpaired) electrons. The Hall–Kier alpha value is -3.44. The fourth-order valence-electron chi connectivity index (χ4n) is 3.52. The summed E-state index contributed by atoms with van der Waals surface area (Å²) in [5.74, 6) is 0. The highest BCUT2D eigenvalue weighted by Crippen LogP contribution is 2.20. The molecular formula is C27H21ClN2O3S2. The Morgan fingerprint density at radius 1 is 1.03 bits per heavy atom. The van der Waals surface area contributed by atoms with E-state index in [2.05, 4.69) is 0 Å². The summed E-state index contributed by atoms with van der Waals surface area (Å²) < 4.78 is 28.6. The molecule has 0 fully saturated rings. The maximum absolute atomic E-state index is 13.5. The van der Waals surface area contributed by atoms with Gasteiger partial charge in [0.25, 0.3) is 5.56 Å². The number of halogens is 1. The van der Waals surface area contributed by atoms with Crippen LogP contribution in [0.3, 0.4) is 0 Å². The largest absolute Gasteiger partial charge is 0.273 e. The summed E-state index contributed by atoms with van der Waals surface area (Å²) in [5, 5.41) is 10.6. The van der Waals surface area contributed by atoms with Crippen LogP contribution in [0.25, 0.3) is 16.7 Å². The summed E-state index contributed by atoms with van der Waals surface area (Å²) in [6.45, 7) is 3.87. The Balaban J connectivity index is 2.08. The van der Waals surface area contributed by atoms with Gasteiger partial charge in [-0.2, -0.15) is 5.26 Å². The minimum Gasteiger partial charge on any atom is -0.267 e. The van der Waals surface area contributed by atoms with E-state index < -0.39 is 20.3 Å². The highest BCUT2D eigenvalue weighted by Gasteiger charge is 2.25. The Morgan fingerprint density at radius 3 is 2.23 bits per heavy atom. The van der Waals surface area contributed by atoms with Crippen LogP contribution in [-0.4, -0.2) is 13.0 Å². The zero-order valence-corrected chi connectivity index (χ0v) is 21.4. The van der Waals surface area contributed by atoms with E-state index in [4.69, 9.17) is 11.6 Å². The van der Waals surface area contributed by atoms with Crippen molar-refractivity contribution < 1.29 is 8.42 Å². The predicted octanol–water partition coefficient (Wildman–Crippen LogP) is 4.36. The number of hydrogen-bond acceptors (Lipinski definition) is 5. The fraction of sp³-hybridized carbons (Fsp3) is 0.111. The Morgan fingerprint density at radius 2 is 1.66 bits per heavy atom. The van der Waals surface area contributed by atoms with Crippen molar-refractivity contribution in [1.29, 1.82) is 5.26 Å². The molecule has 0 aliphatic rings. The lowest BCUT2D eigenvalue weighted by Gasteiger charge is -2.06. The minimum absolute atomic E-state index is 0.00314. The second kappa shape index (κ2) is 10.0. The first-order chi connectivity index (χ1) is 16.7. The molecule has 0 amide bonds. The number of hydrogen-bond donors (Lipinski definition) is 0. The van der Waals surface area contributed by atoms with Gasteiger partial charge in [-0.25, -0.2) is 8.42 Å². The molecule has 0 bridgehead atoms. The van der Waals surface area contributed by atoms with Gasteiger partial charge in [0.1, 0.15) is 10.7 Å². The predicted molar refractivity (Wildman–Crippen MR) is 141 cm³/mol. The van der Waals surface area contributed by atoms with Crippen LogP contribution < -0.4 is 14.8 Å². The first-order valence-electron chi connectivity index (χ1n) is 10.8. The molecule has 0 unspecified atom stereocenters. The molecule has 4 rings (SSSR count). The van der Waals surface area contributed by atoms with Gasteiger partial charge in [-0.3, -0.25) is 9.36 Å². The third kappa shape index (κ3) is 5.01. The third-order valence-electron chi connectivity index (χ3n) is 5.49. The zero-order chi connectivity index (χ0) is 25.2. The minimum atomic E-state index is -4.17. The molecule has 8 heteroatoms. The van der Waals surface area contributed by atoms with E-state index in [1.807, 2.05) is 32.0 Å². The number of aryl methyl sites for hydroxylation is 2. The van der Waals surface area contributed by atoms with Gasteiger partial charge in [-0.1, -0.05) is 60.5 Å². The molecule has 0 aliphatic carbocycles. The third-order valence-corrected chi connectivity index (χ3v) is 8.68. The molecule has 176 valence electrons. The quantitative estimate of drug-likeness (QED) is 0.391. The number of sulfone groups is 1. The van der Waals surface area contributed by atoms with Crippen LogP contribution in [-0.2, 0) is 16.3 Å². The van der Waals surface area contributed by atoms with E-state index in [0.29, 0.717) is 15.2 Å². The molecule has 0 atom stereocenters. The molecule has 0 aliphatic heterocycles. The van der Waals surface area contributed by atoms with Crippen molar-refractivity contribution in [3.05, 3.63) is 114 Å². The monoisotopic (exact) mass is 520 g/mol. The number of nitrogens with zero attached hydrogens (tertiary/aromatic N) is 2. The number of rotatable bonds is 5. The van der Waals surface area contributed by atoms with Gasteiger partial charge >= 0.3 is 0 Å². The lowest BCUT2D eigenvalue weighted by molar-refractivity contribution is 0.606. The Labute approximate surface area is 212 Å². The summed E-state index contributed by atoms with van der Waals surface area (Å²) in [6, 6.07) is 22.4. The van der Waals surface area contributed by atoms with Crippen LogP contribution in [0, 0.1) is 18.3 Å². The second-order valence-corrected chi connectivity index (χ2v) is 11.2. The van der Waals surface area contributed by atoms with Crippen molar-refractivity contribution in [3.63, 3.8) is 0 Å². The average molecular weight is 521 g/mol. The lowest BCUT2D eigenvalue weighted by Crippen LogP contribution is -2.31. The SMILES string of the molecule is CCc1ccc(-n2c(=O)/c(=C/c3ccc(Cl)cc3)s/c2=C(\C#N)S(=O)(=O)c2ccc(C)cc2)cc1. The van der Waals surface area contributed by atoms with Crippen molar-refractivity contribution >= 4 is 43.8 Å². The van der Waals surface area contributed by atoms with Crippen molar-refractivity contribution in [2.75, 3.05) is 0 Å². The van der Waals surface area contributed by atoms with Gasteiger partial charge in [0, 0.05) is 5.02 Å². The van der Waals surface area contributed by atoms with E-state index in [0.717, 1.165) is 34.4 Å². The summed E-state index contributed by atoms with van der Waals surface area (Å²) in [5.41, 5.74) is 2.78. The zero-order valence-electron chi connectivity index (χ0n) is 19.0. The molecule has 1 heterocycles. The van der Waals surface area contributed by atoms with E-state index >= 15 is 0 Å². The van der Waals surface area contributed by atoms with Gasteiger partial charge in [0.15, 0.2) is 4.91 Å². The van der Waals surface area contributed by atoms with Gasteiger partial charge in [0.2, 0.25) is 9.84 Å². The maximum atomic E-state index is 13.5. The molecule has 1 aromatic heterocycles. The number of nitriles is 1. The highest BCUT2D eigenvalue weighted by molar-refractivity contribution is 8.00. The second-order valence-electron chi connectivity index (χ2n) is 7.89. The Kier molecular flexibility index (Phi) is 7.08. The fourth-order valence-corrected chi connectivity index (χ4v) is 6.27. The molecule has 4 aromatic rings. The smallest absolute Gasteiger partial charge is 0.267 e. The van der Waals surface area contributed by atoms with Crippen molar-refractivity contribution in [2.24, 2.45) is 0 Å². The van der Waals surface area contributed by atoms with Crippen molar-refractivity contribution in [1.82, 2.24) is 4.57 Å². The van der Waals surface area contributed by atoms with Crippen LogP contribution in [0.4, 0.5) is 0 Å². The van der Waals surface area contributed by atoms with E-state index in [1.165, 1.54) is 16.7 Å². The van der Waals surface area contributed by atoms with Gasteiger partial charge in [-0.15, -0.1) is 11.3 Å². The number of benzene rings is 3. The van der Waals surface area contributed by atoms with Crippen LogP contribution in [0.2, 0.25) is 5.02 Å². The van der Waals surface area contributed by atoms with Crippen LogP contribution in [0.1, 0.15) is 23.6 Å². The first kappa shape index (κ1) is 24.7. The summed E-state index contributed by atoms with van der Waals surface area (Å²) in [4.78, 5) is 13.1. The van der Waals surface area contributed by atoms with Gasteiger partial charge < -0.3 is 0 Å². The molecule has 0 saturated heterocycles. The molecule has 3 aromatic carbocycles. The van der Waals surface area contributed by atoms with E-state index in [9.17, 15) is 18.5 Å². The van der Waals surface area contributed by atoms with E-state index in [1.54, 1.807) is 54.6 Å². The molecule has 0 N–H and O–H groups in total. The van der Waals surface area contributed by atoms with Gasteiger partial charge in [-0.05, 0) is 66.9 Å². The number of aromatic nitrogens is 1. The molecule has 0 saturated carbocycles. The van der Waals surface area contributed by atoms with Crippen LogP contribution in [0.5, 0.6) is 0 Å². The maximum Gasteiger partial charge on any atom is 0.273 e. The topological polar surface area (TPSA) is 79.9 Å². The Bertz CT molecular complexity index is 1710. The summed E-state index contributed by atoms with van der Waals surface area (Å²) >= 11 is 6.95. The number of thiazole rings is 1. The van der Waals surface area contributed by atoms with Crippen molar-refractivity contribution in [3.8, 4) is 11.8 Å². The summed E-state index contributed by atoms with van der Waals surface area (Å²) in [7, 11) is -4.17. The van der Waals surface area contributed by atoms with Crippen LogP contribution in [0.15, 0.2) is 82.5 Å².